The van der Waals surface area contributed by atoms with Crippen LogP contribution in [-0.2, 0) is 0 Å². The molecule has 5 nitrogen and oxygen atoms in total. The maximum atomic E-state index is 5.71. The van der Waals surface area contributed by atoms with Gasteiger partial charge in [-0.2, -0.15) is 0 Å². The number of nitrogens with zero attached hydrogens (tertiary/aromatic N) is 2. The van der Waals surface area contributed by atoms with Gasteiger partial charge in [0.2, 0.25) is 0 Å². The molecular formula is C13H24N4O. The second kappa shape index (κ2) is 6.13. The fraction of sp³-hybridized carbons (Fsp3) is 0.615. The Bertz CT molecular complexity index is 379. The van der Waals surface area contributed by atoms with E-state index in [2.05, 4.69) is 29.2 Å². The van der Waals surface area contributed by atoms with E-state index in [1.165, 1.54) is 0 Å². The van der Waals surface area contributed by atoms with Crippen molar-refractivity contribution in [2.24, 2.45) is 5.84 Å². The van der Waals surface area contributed by atoms with Crippen LogP contribution >= 0.6 is 0 Å². The molecule has 1 atom stereocenters. The average molecular weight is 252 g/mol. The van der Waals surface area contributed by atoms with Gasteiger partial charge in [0, 0.05) is 11.7 Å². The highest BCUT2D eigenvalue weighted by Crippen LogP contribution is 2.29. The van der Waals surface area contributed by atoms with Crippen LogP contribution in [0.1, 0.15) is 32.4 Å². The molecule has 0 amide bonds. The Hall–Kier alpha value is -1.17. The lowest BCUT2D eigenvalue weighted by Crippen LogP contribution is -2.51. The van der Waals surface area contributed by atoms with Crippen molar-refractivity contribution in [2.75, 3.05) is 20.7 Å². The summed E-state index contributed by atoms with van der Waals surface area (Å²) in [6, 6.07) is 1.95. The highest BCUT2D eigenvalue weighted by atomic mass is 16.5. The number of nitrogens with two attached hydrogens (primary N) is 1. The fourth-order valence-corrected chi connectivity index (χ4v) is 1.81. The fourth-order valence-electron chi connectivity index (χ4n) is 1.81. The Balaban J connectivity index is 3.05. The molecule has 102 valence electrons. The highest BCUT2D eigenvalue weighted by Gasteiger charge is 2.32. The Labute approximate surface area is 109 Å². The SMILES string of the molecule is CCOc1cncc(C(NN)C(C)(C)N(C)C)c1. The third kappa shape index (κ3) is 3.19. The first-order valence-corrected chi connectivity index (χ1v) is 6.14. The van der Waals surface area contributed by atoms with Crippen LogP contribution in [0, 0.1) is 0 Å². The Morgan fingerprint density at radius 2 is 2.11 bits per heavy atom. The van der Waals surface area contributed by atoms with Crippen LogP contribution in [-0.4, -0.2) is 36.1 Å². The molecule has 0 aliphatic rings. The van der Waals surface area contributed by atoms with Gasteiger partial charge in [0.05, 0.1) is 18.8 Å². The first kappa shape index (κ1) is 14.9. The van der Waals surface area contributed by atoms with E-state index in [0.29, 0.717) is 6.61 Å². The van der Waals surface area contributed by atoms with E-state index in [1.807, 2.05) is 33.3 Å². The second-order valence-electron chi connectivity index (χ2n) is 5.03. The molecular weight excluding hydrogens is 228 g/mol. The molecule has 0 saturated heterocycles. The number of aromatic nitrogens is 1. The van der Waals surface area contributed by atoms with Crippen LogP contribution in [0.3, 0.4) is 0 Å². The minimum absolute atomic E-state index is 0.0274. The molecule has 0 saturated carbocycles. The monoisotopic (exact) mass is 252 g/mol. The Kier molecular flexibility index (Phi) is 5.07. The Morgan fingerprint density at radius 1 is 1.44 bits per heavy atom. The number of hydrogen-bond donors (Lipinski definition) is 2. The lowest BCUT2D eigenvalue weighted by molar-refractivity contribution is 0.138. The third-order valence-electron chi connectivity index (χ3n) is 3.40. The van der Waals surface area contributed by atoms with Gasteiger partial charge in [-0.1, -0.05) is 0 Å². The average Bonchev–Trinajstić information content (AvgIpc) is 2.30. The highest BCUT2D eigenvalue weighted by molar-refractivity contribution is 5.28. The molecule has 0 aromatic carbocycles. The standard InChI is InChI=1S/C13H24N4O/c1-6-18-11-7-10(8-15-9-11)12(16-14)13(2,3)17(4)5/h7-9,12,16H,6,14H2,1-5H3. The van der Waals surface area contributed by atoms with Crippen LogP contribution in [0.4, 0.5) is 0 Å². The number of hydrogen-bond acceptors (Lipinski definition) is 5. The maximum absolute atomic E-state index is 5.71. The number of likely N-dealkylation sites (N-methyl/N-ethyl adjacent to an activating group) is 1. The van der Waals surface area contributed by atoms with E-state index in [0.717, 1.165) is 11.3 Å². The van der Waals surface area contributed by atoms with Crippen molar-refractivity contribution in [1.82, 2.24) is 15.3 Å². The number of ether oxygens (including phenoxy) is 1. The summed E-state index contributed by atoms with van der Waals surface area (Å²) >= 11 is 0. The summed E-state index contributed by atoms with van der Waals surface area (Å²) in [5.41, 5.74) is 3.75. The summed E-state index contributed by atoms with van der Waals surface area (Å²) in [5, 5.41) is 0. The van der Waals surface area contributed by atoms with Gasteiger partial charge in [0.15, 0.2) is 0 Å². The molecule has 0 bridgehead atoms. The summed E-state index contributed by atoms with van der Waals surface area (Å²) in [6.45, 7) is 6.84. The normalized spacial score (nSPS) is 13.7. The molecule has 1 aromatic heterocycles. The summed E-state index contributed by atoms with van der Waals surface area (Å²) < 4.78 is 5.47. The van der Waals surface area contributed by atoms with Gasteiger partial charge in [0.1, 0.15) is 5.75 Å². The van der Waals surface area contributed by atoms with Gasteiger partial charge >= 0.3 is 0 Å². The molecule has 0 aliphatic heterocycles. The number of rotatable bonds is 6. The van der Waals surface area contributed by atoms with Crippen LogP contribution in [0.2, 0.25) is 0 Å². The molecule has 0 fully saturated rings. The van der Waals surface area contributed by atoms with Crippen molar-refractivity contribution in [3.8, 4) is 5.75 Å². The summed E-state index contributed by atoms with van der Waals surface area (Å²) in [4.78, 5) is 6.34. The smallest absolute Gasteiger partial charge is 0.137 e. The lowest BCUT2D eigenvalue weighted by Gasteiger charge is -2.39. The summed E-state index contributed by atoms with van der Waals surface area (Å²) in [5.74, 6) is 6.48. The number of nitrogens with one attached hydrogen (secondary N) is 1. The van der Waals surface area contributed by atoms with E-state index < -0.39 is 0 Å². The minimum atomic E-state index is -0.138. The van der Waals surface area contributed by atoms with Gasteiger partial charge in [-0.05, 0) is 46.5 Å². The molecule has 0 spiro atoms. The zero-order chi connectivity index (χ0) is 13.8. The molecule has 1 heterocycles. The van der Waals surface area contributed by atoms with Gasteiger partial charge < -0.3 is 9.64 Å². The van der Waals surface area contributed by atoms with E-state index in [9.17, 15) is 0 Å². The van der Waals surface area contributed by atoms with Crippen molar-refractivity contribution in [1.29, 1.82) is 0 Å². The second-order valence-corrected chi connectivity index (χ2v) is 5.03. The molecule has 18 heavy (non-hydrogen) atoms. The Morgan fingerprint density at radius 3 is 2.61 bits per heavy atom. The van der Waals surface area contributed by atoms with E-state index in [4.69, 9.17) is 10.6 Å². The zero-order valence-electron chi connectivity index (χ0n) is 11.9. The molecule has 5 heteroatoms. The van der Waals surface area contributed by atoms with E-state index in [-0.39, 0.29) is 11.6 Å². The molecule has 1 unspecified atom stereocenters. The van der Waals surface area contributed by atoms with Crippen molar-refractivity contribution < 1.29 is 4.74 Å². The third-order valence-corrected chi connectivity index (χ3v) is 3.40. The molecule has 1 rings (SSSR count). The largest absolute Gasteiger partial charge is 0.492 e. The minimum Gasteiger partial charge on any atom is -0.492 e. The molecule has 0 aliphatic carbocycles. The van der Waals surface area contributed by atoms with Crippen molar-refractivity contribution in [2.45, 2.75) is 32.4 Å². The predicted molar refractivity (Wildman–Crippen MR) is 73.2 cm³/mol. The van der Waals surface area contributed by atoms with Crippen molar-refractivity contribution in [3.63, 3.8) is 0 Å². The zero-order valence-corrected chi connectivity index (χ0v) is 11.9. The van der Waals surface area contributed by atoms with Crippen molar-refractivity contribution in [3.05, 3.63) is 24.0 Å². The van der Waals surface area contributed by atoms with Gasteiger partial charge in [-0.15, -0.1) is 0 Å². The van der Waals surface area contributed by atoms with Gasteiger partial charge in [0.25, 0.3) is 0 Å². The maximum Gasteiger partial charge on any atom is 0.137 e. The summed E-state index contributed by atoms with van der Waals surface area (Å²) in [6.07, 6.45) is 3.53. The van der Waals surface area contributed by atoms with Crippen LogP contribution in [0.5, 0.6) is 5.75 Å². The first-order chi connectivity index (χ1) is 8.43. The quantitative estimate of drug-likeness (QED) is 0.590. The van der Waals surface area contributed by atoms with Crippen LogP contribution < -0.4 is 16.0 Å². The predicted octanol–water partition coefficient (Wildman–Crippen LogP) is 1.32. The molecule has 3 N–H and O–H groups in total. The van der Waals surface area contributed by atoms with Gasteiger partial charge in [-0.25, -0.2) is 0 Å². The molecule has 0 radical (unpaired) electrons. The lowest BCUT2D eigenvalue weighted by atomic mass is 9.89. The number of hydrazine groups is 1. The van der Waals surface area contributed by atoms with Crippen LogP contribution in [0.15, 0.2) is 18.5 Å². The molecule has 1 aromatic rings. The topological polar surface area (TPSA) is 63.4 Å². The van der Waals surface area contributed by atoms with E-state index >= 15 is 0 Å². The van der Waals surface area contributed by atoms with Gasteiger partial charge in [-0.3, -0.25) is 16.3 Å². The number of pyridine rings is 1. The van der Waals surface area contributed by atoms with Crippen LogP contribution in [0.25, 0.3) is 0 Å². The van der Waals surface area contributed by atoms with E-state index in [1.54, 1.807) is 6.20 Å². The summed E-state index contributed by atoms with van der Waals surface area (Å²) in [7, 11) is 4.06. The first-order valence-electron chi connectivity index (χ1n) is 6.14. The van der Waals surface area contributed by atoms with Crippen molar-refractivity contribution >= 4 is 0 Å².